The van der Waals surface area contributed by atoms with Crippen molar-refractivity contribution in [2.24, 2.45) is 0 Å². The lowest BCUT2D eigenvalue weighted by molar-refractivity contribution is -0.117. The van der Waals surface area contributed by atoms with Crippen molar-refractivity contribution in [3.05, 3.63) is 40.9 Å². The minimum atomic E-state index is -0.421. The van der Waals surface area contributed by atoms with Crippen molar-refractivity contribution < 1.29 is 14.3 Å². The summed E-state index contributed by atoms with van der Waals surface area (Å²) in [6, 6.07) is 4.91. The van der Waals surface area contributed by atoms with E-state index in [1.807, 2.05) is 17.2 Å². The third-order valence-electron chi connectivity index (χ3n) is 4.14. The number of benzene rings is 1. The standard InChI is InChI=1S/C17H19N3O3S/c1-11-5-6-12(16(22)23-2)10-13(11)19-15(21)14-4-3-8-20(14)17-18-7-9-24-17/h5-7,9-10,14H,3-4,8H2,1-2H3,(H,19,21)/t14-/m1/s1. The fourth-order valence-corrected chi connectivity index (χ4v) is 3.56. The smallest absolute Gasteiger partial charge is 0.337 e. The highest BCUT2D eigenvalue weighted by atomic mass is 32.1. The van der Waals surface area contributed by atoms with Crippen LogP contribution in [0.4, 0.5) is 10.8 Å². The summed E-state index contributed by atoms with van der Waals surface area (Å²) >= 11 is 1.53. The number of rotatable bonds is 4. The second-order valence-corrected chi connectivity index (χ2v) is 6.55. The van der Waals surface area contributed by atoms with Crippen LogP contribution in [0.15, 0.2) is 29.8 Å². The third-order valence-corrected chi connectivity index (χ3v) is 4.95. The summed E-state index contributed by atoms with van der Waals surface area (Å²) in [6.07, 6.45) is 3.50. The van der Waals surface area contributed by atoms with E-state index in [9.17, 15) is 9.59 Å². The first kappa shape index (κ1) is 16.4. The van der Waals surface area contributed by atoms with Crippen LogP contribution in [0.1, 0.15) is 28.8 Å². The van der Waals surface area contributed by atoms with E-state index >= 15 is 0 Å². The fourth-order valence-electron chi connectivity index (χ4n) is 2.84. The van der Waals surface area contributed by atoms with Gasteiger partial charge in [0, 0.05) is 23.8 Å². The van der Waals surface area contributed by atoms with E-state index < -0.39 is 5.97 Å². The molecule has 1 N–H and O–H groups in total. The minimum absolute atomic E-state index is 0.0761. The molecule has 1 aromatic heterocycles. The van der Waals surface area contributed by atoms with Crippen LogP contribution < -0.4 is 10.2 Å². The predicted molar refractivity (Wildman–Crippen MR) is 93.6 cm³/mol. The van der Waals surface area contributed by atoms with E-state index in [2.05, 4.69) is 10.3 Å². The van der Waals surface area contributed by atoms with Gasteiger partial charge >= 0.3 is 5.97 Å². The van der Waals surface area contributed by atoms with Gasteiger partial charge in [-0.25, -0.2) is 9.78 Å². The Morgan fingerprint density at radius 1 is 1.42 bits per heavy atom. The van der Waals surface area contributed by atoms with Crippen molar-refractivity contribution >= 4 is 34.0 Å². The van der Waals surface area contributed by atoms with Crippen LogP contribution in [0.25, 0.3) is 0 Å². The van der Waals surface area contributed by atoms with Crippen LogP contribution in [0, 0.1) is 6.92 Å². The van der Waals surface area contributed by atoms with Crippen molar-refractivity contribution in [3.8, 4) is 0 Å². The van der Waals surface area contributed by atoms with Crippen molar-refractivity contribution in [1.29, 1.82) is 0 Å². The maximum absolute atomic E-state index is 12.7. The molecule has 7 heteroatoms. The lowest BCUT2D eigenvalue weighted by atomic mass is 10.1. The zero-order valence-electron chi connectivity index (χ0n) is 13.6. The number of methoxy groups -OCH3 is 1. The van der Waals surface area contributed by atoms with Crippen molar-refractivity contribution in [2.45, 2.75) is 25.8 Å². The SMILES string of the molecule is COC(=O)c1ccc(C)c(NC(=O)[C@H]2CCCN2c2nccs2)c1. The quantitative estimate of drug-likeness (QED) is 0.863. The second-order valence-electron chi connectivity index (χ2n) is 5.68. The van der Waals surface area contributed by atoms with Gasteiger partial charge in [0.1, 0.15) is 6.04 Å². The Morgan fingerprint density at radius 2 is 2.25 bits per heavy atom. The summed E-state index contributed by atoms with van der Waals surface area (Å²) < 4.78 is 4.74. The normalized spacial score (nSPS) is 16.9. The molecule has 0 unspecified atom stereocenters. The molecule has 1 saturated heterocycles. The Kier molecular flexibility index (Phi) is 4.80. The van der Waals surface area contributed by atoms with Crippen molar-refractivity contribution in [2.75, 3.05) is 23.9 Å². The number of carbonyl (C=O) groups is 2. The monoisotopic (exact) mass is 345 g/mol. The van der Waals surface area contributed by atoms with Gasteiger partial charge in [-0.3, -0.25) is 4.79 Å². The van der Waals surface area contributed by atoms with E-state index in [1.54, 1.807) is 24.4 Å². The molecule has 2 heterocycles. The first-order valence-corrected chi connectivity index (χ1v) is 8.64. The van der Waals surface area contributed by atoms with E-state index in [0.29, 0.717) is 11.3 Å². The van der Waals surface area contributed by atoms with Crippen LogP contribution >= 0.6 is 11.3 Å². The van der Waals surface area contributed by atoms with E-state index in [4.69, 9.17) is 4.74 Å². The Labute approximate surface area is 144 Å². The number of carbonyl (C=O) groups excluding carboxylic acids is 2. The molecule has 1 atom stereocenters. The fraction of sp³-hybridized carbons (Fsp3) is 0.353. The Balaban J connectivity index is 1.78. The molecule has 126 valence electrons. The molecule has 1 aliphatic heterocycles. The first-order chi connectivity index (χ1) is 11.6. The summed E-state index contributed by atoms with van der Waals surface area (Å²) in [6.45, 7) is 2.72. The number of ether oxygens (including phenoxy) is 1. The van der Waals surface area contributed by atoms with Gasteiger partial charge in [-0.2, -0.15) is 0 Å². The molecule has 1 fully saturated rings. The highest BCUT2D eigenvalue weighted by Gasteiger charge is 2.32. The summed E-state index contributed by atoms with van der Waals surface area (Å²) in [4.78, 5) is 30.8. The van der Waals surface area contributed by atoms with E-state index in [0.717, 1.165) is 30.1 Å². The summed E-state index contributed by atoms with van der Waals surface area (Å²) in [5, 5.41) is 5.73. The number of esters is 1. The van der Waals surface area contributed by atoms with Gasteiger partial charge in [-0.15, -0.1) is 11.3 Å². The molecule has 0 saturated carbocycles. The molecule has 2 aromatic rings. The van der Waals surface area contributed by atoms with Gasteiger partial charge in [0.25, 0.3) is 0 Å². The zero-order valence-corrected chi connectivity index (χ0v) is 14.4. The molecular weight excluding hydrogens is 326 g/mol. The Morgan fingerprint density at radius 3 is 2.96 bits per heavy atom. The minimum Gasteiger partial charge on any atom is -0.465 e. The molecule has 0 bridgehead atoms. The molecular formula is C17H19N3O3S. The molecule has 1 amide bonds. The largest absolute Gasteiger partial charge is 0.465 e. The van der Waals surface area contributed by atoms with Gasteiger partial charge in [0.05, 0.1) is 12.7 Å². The third kappa shape index (κ3) is 3.26. The number of aryl methyl sites for hydroxylation is 1. The molecule has 24 heavy (non-hydrogen) atoms. The maximum Gasteiger partial charge on any atom is 0.337 e. The van der Waals surface area contributed by atoms with Gasteiger partial charge < -0.3 is 15.0 Å². The Hall–Kier alpha value is -2.41. The molecule has 6 nitrogen and oxygen atoms in total. The highest BCUT2D eigenvalue weighted by molar-refractivity contribution is 7.13. The molecule has 0 aliphatic carbocycles. The van der Waals surface area contributed by atoms with E-state index in [1.165, 1.54) is 18.4 Å². The van der Waals surface area contributed by atoms with Gasteiger partial charge in [0.15, 0.2) is 5.13 Å². The number of anilines is 2. The number of aromatic nitrogens is 1. The number of nitrogens with zero attached hydrogens (tertiary/aromatic N) is 2. The zero-order chi connectivity index (χ0) is 17.1. The van der Waals surface area contributed by atoms with Crippen LogP contribution in [-0.4, -0.2) is 36.6 Å². The van der Waals surface area contributed by atoms with Gasteiger partial charge in [0.2, 0.25) is 5.91 Å². The molecule has 3 rings (SSSR count). The van der Waals surface area contributed by atoms with Crippen LogP contribution in [-0.2, 0) is 9.53 Å². The molecule has 1 aliphatic rings. The van der Waals surface area contributed by atoms with Crippen LogP contribution in [0.3, 0.4) is 0 Å². The molecule has 0 spiro atoms. The van der Waals surface area contributed by atoms with Gasteiger partial charge in [-0.05, 0) is 37.5 Å². The topological polar surface area (TPSA) is 71.5 Å². The van der Waals surface area contributed by atoms with Gasteiger partial charge in [-0.1, -0.05) is 6.07 Å². The summed E-state index contributed by atoms with van der Waals surface area (Å²) in [5.41, 5.74) is 1.95. The van der Waals surface area contributed by atoms with Crippen molar-refractivity contribution in [1.82, 2.24) is 4.98 Å². The van der Waals surface area contributed by atoms with E-state index in [-0.39, 0.29) is 11.9 Å². The number of thiazole rings is 1. The molecule has 1 aromatic carbocycles. The average Bonchev–Trinajstić information content (AvgIpc) is 3.26. The van der Waals surface area contributed by atoms with Crippen LogP contribution in [0.5, 0.6) is 0 Å². The van der Waals surface area contributed by atoms with Crippen LogP contribution in [0.2, 0.25) is 0 Å². The molecule has 0 radical (unpaired) electrons. The second kappa shape index (κ2) is 7.00. The average molecular weight is 345 g/mol. The van der Waals surface area contributed by atoms with Crippen molar-refractivity contribution in [3.63, 3.8) is 0 Å². The Bertz CT molecular complexity index is 746. The summed E-state index contributed by atoms with van der Waals surface area (Å²) in [5.74, 6) is -0.497. The number of nitrogens with one attached hydrogen (secondary N) is 1. The highest BCUT2D eigenvalue weighted by Crippen LogP contribution is 2.28. The number of hydrogen-bond donors (Lipinski definition) is 1. The predicted octanol–water partition coefficient (Wildman–Crippen LogP) is 2.85. The maximum atomic E-state index is 12.7. The number of hydrogen-bond acceptors (Lipinski definition) is 6. The summed E-state index contributed by atoms with van der Waals surface area (Å²) in [7, 11) is 1.34. The first-order valence-electron chi connectivity index (χ1n) is 7.76. The lowest BCUT2D eigenvalue weighted by Gasteiger charge is -2.23. The number of amides is 1. The lowest BCUT2D eigenvalue weighted by Crippen LogP contribution is -2.39.